The summed E-state index contributed by atoms with van der Waals surface area (Å²) in [5.74, 6) is 2.96. The maximum absolute atomic E-state index is 6.16. The third kappa shape index (κ3) is 8.05. The van der Waals surface area contributed by atoms with E-state index in [1.54, 1.807) is 7.11 Å². The molecule has 1 aliphatic rings. The quantitative estimate of drug-likeness (QED) is 0.213. The molecule has 1 saturated heterocycles. The molecule has 6 nitrogen and oxygen atoms in total. The highest BCUT2D eigenvalue weighted by Gasteiger charge is 2.15. The first-order chi connectivity index (χ1) is 18.0. The minimum absolute atomic E-state index is 0.0803. The molecule has 1 N–H and O–H groups in total. The number of halogens is 1. The number of benzene rings is 2. The summed E-state index contributed by atoms with van der Waals surface area (Å²) in [6.07, 6.45) is 10.3. The number of aromatic nitrogens is 2. The molecule has 1 aromatic heterocycles. The van der Waals surface area contributed by atoms with Crippen LogP contribution in [0, 0.1) is 6.92 Å². The maximum atomic E-state index is 6.16. The first kappa shape index (κ1) is 27.6. The SMILES string of the molecule is COc1cc2c(N[C@H](C)c3cccc(Br)c3)nc(C)nc2cc1OCCCCCCCN1CCCCC1. The van der Waals surface area contributed by atoms with Gasteiger partial charge in [0.1, 0.15) is 11.6 Å². The van der Waals surface area contributed by atoms with Gasteiger partial charge in [-0.15, -0.1) is 0 Å². The lowest BCUT2D eigenvalue weighted by Crippen LogP contribution is -2.30. The molecule has 1 fully saturated rings. The number of anilines is 1. The number of hydrogen-bond donors (Lipinski definition) is 1. The van der Waals surface area contributed by atoms with Crippen molar-refractivity contribution in [2.45, 2.75) is 71.3 Å². The molecular weight excluding hydrogens is 528 g/mol. The van der Waals surface area contributed by atoms with Gasteiger partial charge in [0.2, 0.25) is 0 Å². The Hall–Kier alpha value is -2.38. The molecule has 0 bridgehead atoms. The van der Waals surface area contributed by atoms with Crippen molar-refractivity contribution in [3.8, 4) is 11.5 Å². The Labute approximate surface area is 230 Å². The fourth-order valence-electron chi connectivity index (χ4n) is 5.03. The largest absolute Gasteiger partial charge is 0.493 e. The van der Waals surface area contributed by atoms with E-state index >= 15 is 0 Å². The van der Waals surface area contributed by atoms with Crippen molar-refractivity contribution in [2.24, 2.45) is 0 Å². The normalized spacial score (nSPS) is 15.0. The van der Waals surface area contributed by atoms with E-state index < -0.39 is 0 Å². The van der Waals surface area contributed by atoms with E-state index in [0.717, 1.165) is 39.2 Å². The summed E-state index contributed by atoms with van der Waals surface area (Å²) in [4.78, 5) is 12.0. The molecule has 200 valence electrons. The van der Waals surface area contributed by atoms with Crippen molar-refractivity contribution in [2.75, 3.05) is 38.7 Å². The van der Waals surface area contributed by atoms with Gasteiger partial charge in [-0.3, -0.25) is 0 Å². The number of nitrogens with zero attached hydrogens (tertiary/aromatic N) is 3. The highest BCUT2D eigenvalue weighted by Crippen LogP contribution is 2.35. The van der Waals surface area contributed by atoms with E-state index in [4.69, 9.17) is 14.5 Å². The van der Waals surface area contributed by atoms with E-state index in [1.807, 2.05) is 31.2 Å². The van der Waals surface area contributed by atoms with Crippen LogP contribution in [0.4, 0.5) is 5.82 Å². The average molecular weight is 570 g/mol. The number of piperidine rings is 1. The van der Waals surface area contributed by atoms with Crippen LogP contribution >= 0.6 is 15.9 Å². The molecule has 4 rings (SSSR count). The van der Waals surface area contributed by atoms with Gasteiger partial charge in [0.05, 0.1) is 25.3 Å². The molecule has 0 amide bonds. The summed E-state index contributed by atoms with van der Waals surface area (Å²) in [7, 11) is 1.68. The predicted octanol–water partition coefficient (Wildman–Crippen LogP) is 7.70. The number of fused-ring (bicyclic) bond motifs is 1. The number of unbranched alkanes of at least 4 members (excludes halogenated alkanes) is 4. The maximum Gasteiger partial charge on any atom is 0.163 e. The van der Waals surface area contributed by atoms with Crippen LogP contribution in [0.1, 0.15) is 75.7 Å². The highest BCUT2D eigenvalue weighted by atomic mass is 79.9. The van der Waals surface area contributed by atoms with Crippen LogP contribution in [0.2, 0.25) is 0 Å². The third-order valence-corrected chi connectivity index (χ3v) is 7.61. The second kappa shape index (κ2) is 14.0. The fourth-order valence-corrected chi connectivity index (χ4v) is 5.45. The lowest BCUT2D eigenvalue weighted by atomic mass is 10.1. The molecule has 0 unspecified atom stereocenters. The zero-order valence-corrected chi connectivity index (χ0v) is 24.1. The Kier molecular flexibility index (Phi) is 10.4. The van der Waals surface area contributed by atoms with Gasteiger partial charge in [-0.25, -0.2) is 9.97 Å². The molecule has 0 aliphatic carbocycles. The number of nitrogens with one attached hydrogen (secondary N) is 1. The van der Waals surface area contributed by atoms with Crippen LogP contribution < -0.4 is 14.8 Å². The summed E-state index contributed by atoms with van der Waals surface area (Å²) >= 11 is 3.56. The lowest BCUT2D eigenvalue weighted by Gasteiger charge is -2.26. The van der Waals surface area contributed by atoms with Gasteiger partial charge in [-0.2, -0.15) is 0 Å². The third-order valence-electron chi connectivity index (χ3n) is 7.12. The Morgan fingerprint density at radius 3 is 2.54 bits per heavy atom. The van der Waals surface area contributed by atoms with Gasteiger partial charge < -0.3 is 19.7 Å². The number of likely N-dealkylation sites (tertiary alicyclic amines) is 1. The van der Waals surface area contributed by atoms with Crippen LogP contribution in [-0.2, 0) is 0 Å². The van der Waals surface area contributed by atoms with Gasteiger partial charge in [-0.1, -0.05) is 53.7 Å². The van der Waals surface area contributed by atoms with E-state index in [0.29, 0.717) is 12.4 Å². The molecule has 0 radical (unpaired) electrons. The molecule has 1 aliphatic heterocycles. The summed E-state index contributed by atoms with van der Waals surface area (Å²) < 4.78 is 12.9. The van der Waals surface area contributed by atoms with E-state index in [-0.39, 0.29) is 6.04 Å². The van der Waals surface area contributed by atoms with Gasteiger partial charge in [0.25, 0.3) is 0 Å². The van der Waals surface area contributed by atoms with Gasteiger partial charge >= 0.3 is 0 Å². The lowest BCUT2D eigenvalue weighted by molar-refractivity contribution is 0.223. The predicted molar refractivity (Wildman–Crippen MR) is 156 cm³/mol. The van der Waals surface area contributed by atoms with Crippen LogP contribution in [-0.4, -0.2) is 48.2 Å². The Morgan fingerprint density at radius 1 is 0.973 bits per heavy atom. The van der Waals surface area contributed by atoms with Crippen molar-refractivity contribution >= 4 is 32.7 Å². The number of rotatable bonds is 13. The summed E-state index contributed by atoms with van der Waals surface area (Å²) in [5, 5.41) is 4.49. The van der Waals surface area contributed by atoms with Gasteiger partial charge in [0, 0.05) is 15.9 Å². The van der Waals surface area contributed by atoms with Crippen molar-refractivity contribution < 1.29 is 9.47 Å². The van der Waals surface area contributed by atoms with Crippen molar-refractivity contribution in [1.29, 1.82) is 0 Å². The first-order valence-corrected chi connectivity index (χ1v) is 14.6. The molecule has 2 heterocycles. The van der Waals surface area contributed by atoms with E-state index in [1.165, 1.54) is 70.1 Å². The molecular formula is C30H41BrN4O2. The summed E-state index contributed by atoms with van der Waals surface area (Å²) in [6.45, 7) is 8.60. The number of methoxy groups -OCH3 is 1. The Balaban J connectivity index is 1.32. The zero-order chi connectivity index (χ0) is 26.0. The van der Waals surface area contributed by atoms with Crippen molar-refractivity contribution in [3.05, 3.63) is 52.3 Å². The first-order valence-electron chi connectivity index (χ1n) is 13.8. The van der Waals surface area contributed by atoms with E-state index in [2.05, 4.69) is 50.2 Å². The number of ether oxygens (including phenoxy) is 2. The average Bonchev–Trinajstić information content (AvgIpc) is 2.90. The highest BCUT2D eigenvalue weighted by molar-refractivity contribution is 9.10. The second-order valence-corrected chi connectivity index (χ2v) is 11.0. The standard InChI is InChI=1S/C30H41BrN4O2/c1-22(24-13-12-14-25(31)19-24)32-30-26-20-28(36-3)29(21-27(26)33-23(2)34-30)37-18-11-6-4-5-8-15-35-16-9-7-10-17-35/h12-14,19-22H,4-11,15-18H2,1-3H3,(H,32,33,34)/t22-/m1/s1. The van der Waals surface area contributed by atoms with Gasteiger partial charge in [-0.05, 0) is 82.9 Å². The second-order valence-electron chi connectivity index (χ2n) is 10.1. The topological polar surface area (TPSA) is 59.5 Å². The fraction of sp³-hybridized carbons (Fsp3) is 0.533. The van der Waals surface area contributed by atoms with Crippen molar-refractivity contribution in [1.82, 2.24) is 14.9 Å². The zero-order valence-electron chi connectivity index (χ0n) is 22.6. The van der Waals surface area contributed by atoms with E-state index in [9.17, 15) is 0 Å². The monoisotopic (exact) mass is 568 g/mol. The molecule has 7 heteroatoms. The summed E-state index contributed by atoms with van der Waals surface area (Å²) in [5.41, 5.74) is 2.03. The molecule has 1 atom stereocenters. The van der Waals surface area contributed by atoms with Crippen LogP contribution in [0.3, 0.4) is 0 Å². The van der Waals surface area contributed by atoms with Crippen LogP contribution in [0.5, 0.6) is 11.5 Å². The number of aryl methyl sites for hydroxylation is 1. The van der Waals surface area contributed by atoms with Crippen LogP contribution in [0.15, 0.2) is 40.9 Å². The van der Waals surface area contributed by atoms with Crippen LogP contribution in [0.25, 0.3) is 10.9 Å². The van der Waals surface area contributed by atoms with Crippen molar-refractivity contribution in [3.63, 3.8) is 0 Å². The molecule has 0 saturated carbocycles. The minimum Gasteiger partial charge on any atom is -0.493 e. The molecule has 3 aromatic rings. The molecule has 0 spiro atoms. The smallest absolute Gasteiger partial charge is 0.163 e. The summed E-state index contributed by atoms with van der Waals surface area (Å²) in [6, 6.07) is 12.4. The van der Waals surface area contributed by atoms with Gasteiger partial charge in [0.15, 0.2) is 11.5 Å². The number of hydrogen-bond acceptors (Lipinski definition) is 6. The Morgan fingerprint density at radius 2 is 1.76 bits per heavy atom. The molecule has 2 aromatic carbocycles. The molecule has 37 heavy (non-hydrogen) atoms. The minimum atomic E-state index is 0.0803. The Bertz CT molecular complexity index is 1150.